The number of hydrogen-bond donors (Lipinski definition) is 1. The molecule has 0 unspecified atom stereocenters. The zero-order valence-electron chi connectivity index (χ0n) is 9.02. The van der Waals surface area contributed by atoms with Gasteiger partial charge in [0.1, 0.15) is 0 Å². The van der Waals surface area contributed by atoms with Crippen LogP contribution in [-0.2, 0) is 0 Å². The molecule has 1 aromatic heterocycles. The van der Waals surface area contributed by atoms with Crippen molar-refractivity contribution in [3.63, 3.8) is 0 Å². The average molecular weight is 177 g/mol. The van der Waals surface area contributed by atoms with Crippen LogP contribution < -0.4 is 0 Å². The smallest absolute Gasteiger partial charge is 0.0453 e. The van der Waals surface area contributed by atoms with E-state index in [4.69, 9.17) is 0 Å². The third-order valence-corrected chi connectivity index (χ3v) is 1.70. The van der Waals surface area contributed by atoms with Crippen molar-refractivity contribution in [1.29, 1.82) is 0 Å². The van der Waals surface area contributed by atoms with Crippen molar-refractivity contribution in [3.8, 4) is 0 Å². The first-order valence-corrected chi connectivity index (χ1v) is 4.72. The molecule has 1 rings (SSSR count). The number of aryl methyl sites for hydroxylation is 1. The van der Waals surface area contributed by atoms with Crippen LogP contribution in [0.5, 0.6) is 0 Å². The topological polar surface area (TPSA) is 15.8 Å². The van der Waals surface area contributed by atoms with Gasteiger partial charge in [-0.3, -0.25) is 0 Å². The molecule has 72 valence electrons. The zero-order valence-corrected chi connectivity index (χ0v) is 9.02. The Morgan fingerprint density at radius 2 is 2.00 bits per heavy atom. The number of allylic oxidation sites excluding steroid dienone is 1. The van der Waals surface area contributed by atoms with E-state index < -0.39 is 0 Å². The molecule has 0 amide bonds. The Hall–Kier alpha value is -1.24. The summed E-state index contributed by atoms with van der Waals surface area (Å²) >= 11 is 0. The Labute approximate surface area is 81.2 Å². The molecule has 0 radical (unpaired) electrons. The van der Waals surface area contributed by atoms with Gasteiger partial charge in [-0.05, 0) is 25.5 Å². The van der Waals surface area contributed by atoms with Crippen molar-refractivity contribution in [2.75, 3.05) is 0 Å². The molecule has 1 nitrogen and oxygen atoms in total. The maximum Gasteiger partial charge on any atom is 0.0453 e. The van der Waals surface area contributed by atoms with Gasteiger partial charge in [-0.25, -0.2) is 0 Å². The van der Waals surface area contributed by atoms with Crippen LogP contribution in [0.2, 0.25) is 0 Å². The lowest BCUT2D eigenvalue weighted by Gasteiger charge is -1.91. The minimum Gasteiger partial charge on any atom is -0.361 e. The molecule has 0 aromatic carbocycles. The Kier molecular flexibility index (Phi) is 5.69. The van der Waals surface area contributed by atoms with Gasteiger partial charge in [0.15, 0.2) is 0 Å². The predicted molar refractivity (Wildman–Crippen MR) is 61.7 cm³/mol. The lowest BCUT2D eigenvalue weighted by atomic mass is 10.1. The summed E-state index contributed by atoms with van der Waals surface area (Å²) in [5.41, 5.74) is 3.58. The van der Waals surface area contributed by atoms with Crippen molar-refractivity contribution in [1.82, 2.24) is 4.98 Å². The number of aromatic nitrogens is 1. The van der Waals surface area contributed by atoms with Gasteiger partial charge in [0.25, 0.3) is 0 Å². The van der Waals surface area contributed by atoms with Gasteiger partial charge >= 0.3 is 0 Å². The zero-order chi connectivity index (χ0) is 10.3. The van der Waals surface area contributed by atoms with Crippen LogP contribution >= 0.6 is 0 Å². The highest BCUT2D eigenvalue weighted by atomic mass is 14.7. The minimum absolute atomic E-state index is 1.14. The second-order valence-corrected chi connectivity index (χ2v) is 2.50. The van der Waals surface area contributed by atoms with Crippen molar-refractivity contribution < 1.29 is 0 Å². The molecule has 0 aliphatic heterocycles. The normalized spacial score (nSPS) is 9.54. The lowest BCUT2D eigenvalue weighted by Crippen LogP contribution is -1.75. The summed E-state index contributed by atoms with van der Waals surface area (Å²) in [5.74, 6) is 0. The fourth-order valence-corrected chi connectivity index (χ4v) is 1.13. The summed E-state index contributed by atoms with van der Waals surface area (Å²) in [7, 11) is 0. The molecule has 1 heteroatoms. The molecule has 1 aromatic rings. The van der Waals surface area contributed by atoms with Crippen LogP contribution in [-0.4, -0.2) is 4.98 Å². The maximum absolute atomic E-state index is 3.75. The molecular weight excluding hydrogens is 158 g/mol. The van der Waals surface area contributed by atoms with Gasteiger partial charge in [-0.1, -0.05) is 32.6 Å². The summed E-state index contributed by atoms with van der Waals surface area (Å²) in [4.78, 5) is 3.17. The molecule has 13 heavy (non-hydrogen) atoms. The van der Waals surface area contributed by atoms with Crippen molar-refractivity contribution in [2.24, 2.45) is 0 Å². The summed E-state index contributed by atoms with van der Waals surface area (Å²) in [6.07, 6.45) is 7.93. The Morgan fingerprint density at radius 3 is 2.46 bits per heavy atom. The second-order valence-electron chi connectivity index (χ2n) is 2.50. The van der Waals surface area contributed by atoms with Gasteiger partial charge in [-0.15, -0.1) is 0 Å². The monoisotopic (exact) mass is 177 g/mol. The first-order valence-electron chi connectivity index (χ1n) is 4.72. The highest BCUT2D eigenvalue weighted by molar-refractivity contribution is 5.64. The quantitative estimate of drug-likeness (QED) is 0.702. The highest BCUT2D eigenvalue weighted by Crippen LogP contribution is 2.15. The van der Waals surface area contributed by atoms with Gasteiger partial charge in [-0.2, -0.15) is 0 Å². The minimum atomic E-state index is 1.14. The van der Waals surface area contributed by atoms with Crippen LogP contribution in [0, 0.1) is 6.92 Å². The second kappa shape index (κ2) is 6.30. The molecule has 0 aliphatic rings. The number of nitrogens with one attached hydrogen (secondary N) is 1. The lowest BCUT2D eigenvalue weighted by molar-refractivity contribution is 1.36. The fourth-order valence-electron chi connectivity index (χ4n) is 1.13. The molecule has 0 atom stereocenters. The number of aromatic amines is 1. The van der Waals surface area contributed by atoms with E-state index in [1.165, 1.54) is 11.1 Å². The van der Waals surface area contributed by atoms with Crippen molar-refractivity contribution in [2.45, 2.75) is 27.7 Å². The third-order valence-electron chi connectivity index (χ3n) is 1.70. The fraction of sp³-hybridized carbons (Fsp3) is 0.333. The molecule has 0 bridgehead atoms. The first kappa shape index (κ1) is 11.8. The molecule has 1 heterocycles. The summed E-state index contributed by atoms with van der Waals surface area (Å²) in [6.45, 7) is 11.8. The van der Waals surface area contributed by atoms with Gasteiger partial charge < -0.3 is 4.98 Å². The number of hydrogen-bond acceptors (Lipinski definition) is 0. The first-order chi connectivity index (χ1) is 6.29. The van der Waals surface area contributed by atoms with E-state index in [1.807, 2.05) is 45.2 Å². The maximum atomic E-state index is 3.75. The summed E-state index contributed by atoms with van der Waals surface area (Å²) in [6, 6.07) is 0. The Bertz CT molecular complexity index is 279. The highest BCUT2D eigenvalue weighted by Gasteiger charge is 1.99. The largest absolute Gasteiger partial charge is 0.361 e. The van der Waals surface area contributed by atoms with E-state index in [0.717, 1.165) is 5.69 Å². The van der Waals surface area contributed by atoms with Crippen LogP contribution in [0.3, 0.4) is 0 Å². The van der Waals surface area contributed by atoms with Crippen molar-refractivity contribution >= 4 is 12.2 Å². The average Bonchev–Trinajstić information content (AvgIpc) is 2.51. The Balaban J connectivity index is 0.000000671. The molecule has 0 aliphatic carbocycles. The molecule has 0 saturated carbocycles. The molecule has 0 fully saturated rings. The van der Waals surface area contributed by atoms with E-state index in [0.29, 0.717) is 0 Å². The van der Waals surface area contributed by atoms with E-state index in [2.05, 4.69) is 18.5 Å². The van der Waals surface area contributed by atoms with Crippen LogP contribution in [0.25, 0.3) is 12.2 Å². The molecule has 0 saturated heterocycles. The van der Waals surface area contributed by atoms with Crippen LogP contribution in [0.4, 0.5) is 0 Å². The van der Waals surface area contributed by atoms with Crippen LogP contribution in [0.15, 0.2) is 18.9 Å². The van der Waals surface area contributed by atoms with Crippen LogP contribution in [0.1, 0.15) is 37.6 Å². The summed E-state index contributed by atoms with van der Waals surface area (Å²) < 4.78 is 0. The van der Waals surface area contributed by atoms with E-state index in [-0.39, 0.29) is 0 Å². The van der Waals surface area contributed by atoms with Gasteiger partial charge in [0, 0.05) is 17.5 Å². The number of H-pyrrole nitrogens is 1. The standard InChI is InChI=1S/C10H13N.C2H6/c1-4-6-10-9(5-2)8(3)7-11-10;1-2/h4-7,11H,2H2,1,3H3;1-2H3/b6-4-;. The SMILES string of the molecule is C=Cc1c(C)c[nH]c1/C=C\C.CC. The van der Waals surface area contributed by atoms with Gasteiger partial charge in [0.2, 0.25) is 0 Å². The number of rotatable bonds is 2. The summed E-state index contributed by atoms with van der Waals surface area (Å²) in [5, 5.41) is 0. The van der Waals surface area contributed by atoms with E-state index in [1.54, 1.807) is 0 Å². The Morgan fingerprint density at radius 1 is 1.38 bits per heavy atom. The van der Waals surface area contributed by atoms with Gasteiger partial charge in [0.05, 0.1) is 0 Å². The molecule has 0 spiro atoms. The van der Waals surface area contributed by atoms with Crippen molar-refractivity contribution in [3.05, 3.63) is 35.7 Å². The molecule has 1 N–H and O–H groups in total. The predicted octanol–water partition coefficient (Wildman–Crippen LogP) is 4.03. The third kappa shape index (κ3) is 2.94. The van der Waals surface area contributed by atoms with E-state index in [9.17, 15) is 0 Å². The van der Waals surface area contributed by atoms with E-state index >= 15 is 0 Å². The molecular formula is C12H19N.